The van der Waals surface area contributed by atoms with Crippen molar-refractivity contribution in [1.82, 2.24) is 4.90 Å². The van der Waals surface area contributed by atoms with Crippen LogP contribution < -0.4 is 19.1 Å². The Morgan fingerprint density at radius 1 is 1.06 bits per heavy atom. The van der Waals surface area contributed by atoms with Gasteiger partial charge in [0, 0.05) is 29.9 Å². The Kier molecular flexibility index (Phi) is 9.23. The number of hydrogen-bond acceptors (Lipinski definition) is 5. The van der Waals surface area contributed by atoms with Gasteiger partial charge in [-0.05, 0) is 43.5 Å². The summed E-state index contributed by atoms with van der Waals surface area (Å²) in [6, 6.07) is 10.9. The molecule has 3 rings (SSSR count). The first kappa shape index (κ1) is 26.2. The number of urea groups is 1. The number of anilines is 1. The first-order valence-corrected chi connectivity index (χ1v) is 12.1. The van der Waals surface area contributed by atoms with E-state index in [2.05, 4.69) is 6.92 Å². The van der Waals surface area contributed by atoms with Crippen LogP contribution in [0.2, 0.25) is 0 Å². The van der Waals surface area contributed by atoms with E-state index in [9.17, 15) is 9.59 Å². The third-order valence-corrected chi connectivity index (χ3v) is 6.29. The summed E-state index contributed by atoms with van der Waals surface area (Å²) in [5, 5.41) is 9.08. The number of amides is 2. The van der Waals surface area contributed by atoms with E-state index in [4.69, 9.17) is 19.3 Å². The lowest BCUT2D eigenvalue weighted by molar-refractivity contribution is -0.136. The van der Waals surface area contributed by atoms with Crippen LogP contribution in [0.4, 0.5) is 10.5 Å². The van der Waals surface area contributed by atoms with Crippen LogP contribution in [0.5, 0.6) is 17.2 Å². The molecule has 8 nitrogen and oxygen atoms in total. The van der Waals surface area contributed by atoms with Crippen LogP contribution in [0.25, 0.3) is 0 Å². The molecule has 1 aliphatic rings. The number of nitrogens with zero attached hydrogens (tertiary/aromatic N) is 2. The van der Waals surface area contributed by atoms with Crippen molar-refractivity contribution < 1.29 is 28.9 Å². The maximum absolute atomic E-state index is 13.6. The molecular formula is C27H36N2O6. The lowest BCUT2D eigenvalue weighted by atomic mass is 10.0. The molecule has 190 valence electrons. The van der Waals surface area contributed by atoms with Gasteiger partial charge in [0.05, 0.1) is 33.8 Å². The Bertz CT molecular complexity index is 1020. The van der Waals surface area contributed by atoms with Crippen molar-refractivity contribution in [2.75, 3.05) is 32.3 Å². The van der Waals surface area contributed by atoms with Gasteiger partial charge < -0.3 is 24.2 Å². The summed E-state index contributed by atoms with van der Waals surface area (Å²) in [5.74, 6) is 0.956. The molecule has 0 bridgehead atoms. The van der Waals surface area contributed by atoms with Crippen LogP contribution >= 0.6 is 0 Å². The van der Waals surface area contributed by atoms with Crippen molar-refractivity contribution in [3.05, 3.63) is 47.5 Å². The molecule has 1 heterocycles. The average Bonchev–Trinajstić information content (AvgIpc) is 2.84. The van der Waals surface area contributed by atoms with Crippen molar-refractivity contribution in [3.8, 4) is 17.2 Å². The fraction of sp³-hybridized carbons (Fsp3) is 0.481. The zero-order valence-electron chi connectivity index (χ0n) is 21.1. The lowest BCUT2D eigenvalue weighted by Gasteiger charge is -2.40. The molecule has 1 aliphatic heterocycles. The second-order valence-corrected chi connectivity index (χ2v) is 8.81. The number of carbonyl (C=O) groups excluding carboxylic acids is 1. The van der Waals surface area contributed by atoms with Crippen LogP contribution in [-0.4, -0.2) is 55.4 Å². The number of hydrogen-bond donors (Lipinski definition) is 1. The summed E-state index contributed by atoms with van der Waals surface area (Å²) in [4.78, 5) is 28.2. The first-order valence-electron chi connectivity index (χ1n) is 12.1. The molecule has 0 unspecified atom stereocenters. The van der Waals surface area contributed by atoms with E-state index in [1.807, 2.05) is 36.1 Å². The van der Waals surface area contributed by atoms with E-state index in [-0.39, 0.29) is 18.5 Å². The van der Waals surface area contributed by atoms with Crippen molar-refractivity contribution in [2.45, 2.75) is 58.5 Å². The Morgan fingerprint density at radius 2 is 1.83 bits per heavy atom. The monoisotopic (exact) mass is 484 g/mol. The van der Waals surface area contributed by atoms with E-state index in [0.29, 0.717) is 42.5 Å². The summed E-state index contributed by atoms with van der Waals surface area (Å²) >= 11 is 0. The van der Waals surface area contributed by atoms with Gasteiger partial charge in [0.25, 0.3) is 0 Å². The second kappa shape index (κ2) is 12.3. The summed E-state index contributed by atoms with van der Waals surface area (Å²) < 4.78 is 16.9. The number of carboxylic acids is 1. The molecule has 2 aromatic carbocycles. The average molecular weight is 485 g/mol. The number of rotatable bonds is 12. The topological polar surface area (TPSA) is 88.5 Å². The summed E-state index contributed by atoms with van der Waals surface area (Å²) in [7, 11) is 3.16. The van der Waals surface area contributed by atoms with Crippen LogP contribution in [0.3, 0.4) is 0 Å². The van der Waals surface area contributed by atoms with Crippen LogP contribution in [0, 0.1) is 0 Å². The predicted octanol–water partition coefficient (Wildman–Crippen LogP) is 5.12. The molecule has 0 aliphatic carbocycles. The number of carbonyl (C=O) groups is 2. The molecule has 1 saturated heterocycles. The molecule has 2 amide bonds. The number of carboxylic acid groups (broad SMARTS) is 1. The maximum atomic E-state index is 13.6. The summed E-state index contributed by atoms with van der Waals surface area (Å²) in [6.07, 6.45) is 3.91. The highest BCUT2D eigenvalue weighted by molar-refractivity contribution is 5.93. The van der Waals surface area contributed by atoms with E-state index < -0.39 is 5.97 Å². The Morgan fingerprint density at radius 3 is 2.51 bits per heavy atom. The van der Waals surface area contributed by atoms with E-state index in [1.165, 1.54) is 0 Å². The van der Waals surface area contributed by atoms with E-state index in [1.54, 1.807) is 31.3 Å². The highest BCUT2D eigenvalue weighted by Crippen LogP contribution is 2.34. The van der Waals surface area contributed by atoms with Crippen LogP contribution in [-0.2, 0) is 17.8 Å². The zero-order valence-corrected chi connectivity index (χ0v) is 21.1. The fourth-order valence-corrected chi connectivity index (χ4v) is 4.24. The van der Waals surface area contributed by atoms with Crippen LogP contribution in [0.15, 0.2) is 36.4 Å². The molecular weight excluding hydrogens is 448 g/mol. The molecule has 8 heteroatoms. The van der Waals surface area contributed by atoms with Gasteiger partial charge in [0.1, 0.15) is 5.75 Å². The minimum Gasteiger partial charge on any atom is -0.496 e. The lowest BCUT2D eigenvalue weighted by Crippen LogP contribution is -2.53. The Balaban J connectivity index is 1.80. The van der Waals surface area contributed by atoms with Crippen molar-refractivity contribution in [3.63, 3.8) is 0 Å². The fourth-order valence-electron chi connectivity index (χ4n) is 4.24. The third-order valence-electron chi connectivity index (χ3n) is 6.29. The number of aliphatic carboxylic acids is 1. The molecule has 1 N–H and O–H groups in total. The summed E-state index contributed by atoms with van der Waals surface area (Å²) in [5.41, 5.74) is 2.25. The normalized spacial score (nSPS) is 15.8. The molecule has 0 aromatic heterocycles. The highest BCUT2D eigenvalue weighted by Gasteiger charge is 2.32. The smallest absolute Gasteiger partial charge is 0.325 e. The zero-order chi connectivity index (χ0) is 25.4. The maximum Gasteiger partial charge on any atom is 0.325 e. The highest BCUT2D eigenvalue weighted by atomic mass is 16.5. The minimum atomic E-state index is -0.900. The molecule has 1 atom stereocenters. The largest absolute Gasteiger partial charge is 0.496 e. The minimum absolute atomic E-state index is 0.0464. The number of ether oxygens (including phenoxy) is 3. The van der Waals surface area contributed by atoms with Gasteiger partial charge in [-0.15, -0.1) is 0 Å². The quantitative estimate of drug-likeness (QED) is 0.421. The molecule has 0 radical (unpaired) electrons. The molecule has 35 heavy (non-hydrogen) atoms. The van der Waals surface area contributed by atoms with Gasteiger partial charge in [0.15, 0.2) is 11.5 Å². The van der Waals surface area contributed by atoms with Crippen molar-refractivity contribution in [1.29, 1.82) is 0 Å². The molecule has 0 spiro atoms. The Labute approximate surface area is 207 Å². The van der Waals surface area contributed by atoms with Crippen molar-refractivity contribution >= 4 is 17.7 Å². The van der Waals surface area contributed by atoms with Gasteiger partial charge in [-0.2, -0.15) is 0 Å². The summed E-state index contributed by atoms with van der Waals surface area (Å²) in [6.45, 7) is 5.76. The molecule has 1 fully saturated rings. The third kappa shape index (κ3) is 6.59. The van der Waals surface area contributed by atoms with Crippen LogP contribution in [0.1, 0.15) is 50.7 Å². The second-order valence-electron chi connectivity index (χ2n) is 8.81. The number of methoxy groups -OCH3 is 2. The van der Waals surface area contributed by atoms with Gasteiger partial charge in [-0.3, -0.25) is 9.69 Å². The number of unbranched alkanes of at least 4 members (excludes halogenated alkanes) is 2. The number of benzene rings is 2. The standard InChI is InChI=1S/C27H36N2O6/c1-5-6-7-14-35-25-17-22(10-11-23(25)33-3)28-13-12-19(2)29(27(28)32)18-21-9-8-20(16-26(30)31)15-24(21)34-4/h8-11,15,17,19H,5-7,12-14,16,18H2,1-4H3,(H,30,31)/t19-/m0/s1. The van der Waals surface area contributed by atoms with Crippen molar-refractivity contribution in [2.24, 2.45) is 0 Å². The predicted molar refractivity (Wildman–Crippen MR) is 135 cm³/mol. The van der Waals surface area contributed by atoms with E-state index >= 15 is 0 Å². The Hall–Kier alpha value is -3.42. The molecule has 0 saturated carbocycles. The van der Waals surface area contributed by atoms with Gasteiger partial charge in [-0.25, -0.2) is 4.79 Å². The van der Waals surface area contributed by atoms with Gasteiger partial charge in [0.2, 0.25) is 0 Å². The first-order chi connectivity index (χ1) is 16.9. The molecule has 2 aromatic rings. The SMILES string of the molecule is CCCCCOc1cc(N2CC[C@H](C)N(Cc3ccc(CC(=O)O)cc3OC)C2=O)ccc1OC. The van der Waals surface area contributed by atoms with Gasteiger partial charge in [-0.1, -0.05) is 31.9 Å². The van der Waals surface area contributed by atoms with E-state index in [0.717, 1.165) is 36.9 Å². The van der Waals surface area contributed by atoms with Gasteiger partial charge >= 0.3 is 12.0 Å².